The van der Waals surface area contributed by atoms with Crippen molar-refractivity contribution in [1.82, 2.24) is 10.1 Å². The Morgan fingerprint density at radius 3 is 2.52 bits per heavy atom. The summed E-state index contributed by atoms with van der Waals surface area (Å²) in [7, 11) is 0. The Kier molecular flexibility index (Phi) is 4.41. The predicted molar refractivity (Wildman–Crippen MR) is 85.6 cm³/mol. The number of likely N-dealkylation sites (tertiary alicyclic amines) is 1. The van der Waals surface area contributed by atoms with E-state index in [9.17, 15) is 0 Å². The van der Waals surface area contributed by atoms with Gasteiger partial charge >= 0.3 is 0 Å². The van der Waals surface area contributed by atoms with Crippen molar-refractivity contribution in [3.8, 4) is 11.3 Å². The van der Waals surface area contributed by atoms with Gasteiger partial charge in [0.1, 0.15) is 5.69 Å². The lowest BCUT2D eigenvalue weighted by Gasteiger charge is -2.33. The molecule has 0 bridgehead atoms. The third kappa shape index (κ3) is 3.47. The highest BCUT2D eigenvalue weighted by Gasteiger charge is 2.30. The van der Waals surface area contributed by atoms with Gasteiger partial charge in [0, 0.05) is 17.5 Å². The molecule has 3 heterocycles. The molecule has 0 N–H and O–H groups in total. The predicted octanol–water partition coefficient (Wildman–Crippen LogP) is 2.93. The molecule has 0 saturated carbocycles. The standard InChI is InChI=1S/C18H22N2O3/c1-2-4-14(5-3-1)17-12-16(23-19-17)13-20-8-6-15(7-9-20)18-21-10-11-22-18/h1-5,12,15,18H,6-11,13H2. The molecule has 2 aliphatic rings. The average Bonchev–Trinajstić information content (AvgIpc) is 3.28. The van der Waals surface area contributed by atoms with E-state index in [1.807, 2.05) is 24.3 Å². The number of aromatic nitrogens is 1. The molecule has 0 aliphatic carbocycles. The number of benzene rings is 1. The van der Waals surface area contributed by atoms with Crippen LogP contribution in [0.5, 0.6) is 0 Å². The zero-order chi connectivity index (χ0) is 15.5. The van der Waals surface area contributed by atoms with Crippen LogP contribution in [0.25, 0.3) is 11.3 Å². The fourth-order valence-electron chi connectivity index (χ4n) is 3.38. The van der Waals surface area contributed by atoms with E-state index in [4.69, 9.17) is 14.0 Å². The molecule has 2 aromatic rings. The number of nitrogens with zero attached hydrogens (tertiary/aromatic N) is 2. The van der Waals surface area contributed by atoms with Gasteiger partial charge in [0.25, 0.3) is 0 Å². The minimum absolute atomic E-state index is 0.0205. The van der Waals surface area contributed by atoms with Gasteiger partial charge in [-0.05, 0) is 25.9 Å². The summed E-state index contributed by atoms with van der Waals surface area (Å²) in [5, 5.41) is 4.19. The molecule has 2 aliphatic heterocycles. The van der Waals surface area contributed by atoms with E-state index in [-0.39, 0.29) is 6.29 Å². The molecule has 2 fully saturated rings. The van der Waals surface area contributed by atoms with Gasteiger partial charge in [-0.25, -0.2) is 0 Å². The average molecular weight is 314 g/mol. The van der Waals surface area contributed by atoms with Crippen LogP contribution in [0.15, 0.2) is 40.9 Å². The molecule has 0 radical (unpaired) electrons. The molecule has 0 unspecified atom stereocenters. The molecule has 1 aromatic carbocycles. The number of piperidine rings is 1. The molecule has 2 saturated heterocycles. The van der Waals surface area contributed by atoms with Gasteiger partial charge in [0.2, 0.25) is 0 Å². The summed E-state index contributed by atoms with van der Waals surface area (Å²) in [4.78, 5) is 2.42. The van der Waals surface area contributed by atoms with Crippen LogP contribution in [0.3, 0.4) is 0 Å². The monoisotopic (exact) mass is 314 g/mol. The lowest BCUT2D eigenvalue weighted by atomic mass is 9.96. The maximum absolute atomic E-state index is 5.63. The van der Waals surface area contributed by atoms with Crippen LogP contribution in [0.2, 0.25) is 0 Å². The fraction of sp³-hybridized carbons (Fsp3) is 0.500. The van der Waals surface area contributed by atoms with Crippen molar-refractivity contribution in [2.24, 2.45) is 5.92 Å². The number of rotatable bonds is 4. The summed E-state index contributed by atoms with van der Waals surface area (Å²) in [5.74, 6) is 1.46. The molecular formula is C18H22N2O3. The molecule has 0 atom stereocenters. The first-order chi connectivity index (χ1) is 11.4. The van der Waals surface area contributed by atoms with Gasteiger partial charge in [-0.15, -0.1) is 0 Å². The summed E-state index contributed by atoms with van der Waals surface area (Å²) in [5.41, 5.74) is 2.00. The molecule has 23 heavy (non-hydrogen) atoms. The zero-order valence-electron chi connectivity index (χ0n) is 13.2. The normalized spacial score (nSPS) is 21.0. The summed E-state index contributed by atoms with van der Waals surface area (Å²) in [6.07, 6.45) is 2.25. The summed E-state index contributed by atoms with van der Waals surface area (Å²) in [6.45, 7) is 4.40. The lowest BCUT2D eigenvalue weighted by molar-refractivity contribution is -0.0980. The molecular weight excluding hydrogens is 292 g/mol. The van der Waals surface area contributed by atoms with E-state index in [0.717, 1.165) is 62.7 Å². The van der Waals surface area contributed by atoms with Crippen molar-refractivity contribution in [3.63, 3.8) is 0 Å². The van der Waals surface area contributed by atoms with E-state index in [0.29, 0.717) is 5.92 Å². The number of hydrogen-bond acceptors (Lipinski definition) is 5. The topological polar surface area (TPSA) is 47.7 Å². The van der Waals surface area contributed by atoms with Crippen LogP contribution in [0, 0.1) is 5.92 Å². The largest absolute Gasteiger partial charge is 0.359 e. The van der Waals surface area contributed by atoms with Crippen LogP contribution >= 0.6 is 0 Å². The maximum atomic E-state index is 5.63. The highest BCUT2D eigenvalue weighted by Crippen LogP contribution is 2.27. The second kappa shape index (κ2) is 6.83. The molecule has 122 valence electrons. The first-order valence-electron chi connectivity index (χ1n) is 8.35. The molecule has 0 spiro atoms. The van der Waals surface area contributed by atoms with Crippen molar-refractivity contribution in [1.29, 1.82) is 0 Å². The first-order valence-corrected chi connectivity index (χ1v) is 8.35. The van der Waals surface area contributed by atoms with Gasteiger partial charge < -0.3 is 14.0 Å². The quantitative estimate of drug-likeness (QED) is 0.868. The molecule has 0 amide bonds. The second-order valence-electron chi connectivity index (χ2n) is 6.27. The van der Waals surface area contributed by atoms with Gasteiger partial charge in [0.05, 0.1) is 19.8 Å². The van der Waals surface area contributed by atoms with Crippen LogP contribution in [0.1, 0.15) is 18.6 Å². The van der Waals surface area contributed by atoms with Gasteiger partial charge in [-0.1, -0.05) is 35.5 Å². The third-order valence-corrected chi connectivity index (χ3v) is 4.67. The van der Waals surface area contributed by atoms with Gasteiger partial charge in [0.15, 0.2) is 12.1 Å². The van der Waals surface area contributed by atoms with E-state index < -0.39 is 0 Å². The lowest BCUT2D eigenvalue weighted by Crippen LogP contribution is -2.37. The summed E-state index contributed by atoms with van der Waals surface area (Å²) >= 11 is 0. The van der Waals surface area contributed by atoms with Crippen LogP contribution in [0.4, 0.5) is 0 Å². The van der Waals surface area contributed by atoms with E-state index in [1.54, 1.807) is 0 Å². The first kappa shape index (κ1) is 14.9. The van der Waals surface area contributed by atoms with Gasteiger partial charge in [-0.3, -0.25) is 4.90 Å². The number of ether oxygens (including phenoxy) is 2. The van der Waals surface area contributed by atoms with Crippen LogP contribution in [-0.4, -0.2) is 42.6 Å². The van der Waals surface area contributed by atoms with Crippen molar-refractivity contribution in [3.05, 3.63) is 42.2 Å². The maximum Gasteiger partial charge on any atom is 0.160 e. The smallest absolute Gasteiger partial charge is 0.160 e. The minimum Gasteiger partial charge on any atom is -0.359 e. The van der Waals surface area contributed by atoms with Gasteiger partial charge in [-0.2, -0.15) is 0 Å². The van der Waals surface area contributed by atoms with Crippen molar-refractivity contribution >= 4 is 0 Å². The summed E-state index contributed by atoms with van der Waals surface area (Å²) < 4.78 is 16.8. The highest BCUT2D eigenvalue weighted by molar-refractivity contribution is 5.58. The Morgan fingerprint density at radius 1 is 1.04 bits per heavy atom. The fourth-order valence-corrected chi connectivity index (χ4v) is 3.38. The third-order valence-electron chi connectivity index (χ3n) is 4.67. The van der Waals surface area contributed by atoms with Crippen LogP contribution < -0.4 is 0 Å². The Labute approximate surface area is 136 Å². The van der Waals surface area contributed by atoms with Crippen molar-refractivity contribution in [2.75, 3.05) is 26.3 Å². The van der Waals surface area contributed by atoms with E-state index in [2.05, 4.69) is 22.2 Å². The molecule has 5 nitrogen and oxygen atoms in total. The SMILES string of the molecule is c1ccc(-c2cc(CN3CCC(C4OCCO4)CC3)on2)cc1. The molecule has 1 aromatic heterocycles. The van der Waals surface area contributed by atoms with Crippen molar-refractivity contribution < 1.29 is 14.0 Å². The minimum atomic E-state index is 0.0205. The Morgan fingerprint density at radius 2 is 1.78 bits per heavy atom. The zero-order valence-corrected chi connectivity index (χ0v) is 13.2. The summed E-state index contributed by atoms with van der Waals surface area (Å²) in [6, 6.07) is 12.2. The van der Waals surface area contributed by atoms with E-state index in [1.165, 1.54) is 0 Å². The highest BCUT2D eigenvalue weighted by atomic mass is 16.7. The van der Waals surface area contributed by atoms with Crippen molar-refractivity contribution in [2.45, 2.75) is 25.7 Å². The van der Waals surface area contributed by atoms with E-state index >= 15 is 0 Å². The molecule has 5 heteroatoms. The Bertz CT molecular complexity index is 614. The Balaban J connectivity index is 1.32. The second-order valence-corrected chi connectivity index (χ2v) is 6.27. The molecule has 4 rings (SSSR count). The number of hydrogen-bond donors (Lipinski definition) is 0. The Hall–Kier alpha value is -1.69. The van der Waals surface area contributed by atoms with Crippen LogP contribution in [-0.2, 0) is 16.0 Å².